The van der Waals surface area contributed by atoms with Gasteiger partial charge < -0.3 is 4.74 Å². The van der Waals surface area contributed by atoms with Crippen LogP contribution in [-0.4, -0.2) is 25.2 Å². The Morgan fingerprint density at radius 1 is 1.33 bits per heavy atom. The maximum absolute atomic E-state index is 12.8. The van der Waals surface area contributed by atoms with E-state index in [9.17, 15) is 26.7 Å². The zero-order valence-corrected chi connectivity index (χ0v) is 7.78. The third kappa shape index (κ3) is 2.57. The minimum absolute atomic E-state index is 0.881. The van der Waals surface area contributed by atoms with E-state index in [2.05, 4.69) is 4.74 Å². The van der Waals surface area contributed by atoms with Crippen LogP contribution >= 0.6 is 0 Å². The molecule has 1 fully saturated rings. The van der Waals surface area contributed by atoms with Gasteiger partial charge in [-0.1, -0.05) is 0 Å². The van der Waals surface area contributed by atoms with E-state index in [-0.39, 0.29) is 0 Å². The van der Waals surface area contributed by atoms with Crippen molar-refractivity contribution in [1.29, 1.82) is 0 Å². The summed E-state index contributed by atoms with van der Waals surface area (Å²) in [6, 6.07) is 0. The third-order valence-electron chi connectivity index (χ3n) is 2.45. The van der Waals surface area contributed by atoms with Crippen molar-refractivity contribution >= 4 is 5.97 Å². The molecule has 7 heteroatoms. The Labute approximate surface area is 82.4 Å². The fourth-order valence-corrected chi connectivity index (χ4v) is 1.75. The van der Waals surface area contributed by atoms with E-state index in [0.29, 0.717) is 0 Å². The molecule has 0 aromatic rings. The highest BCUT2D eigenvalue weighted by Crippen LogP contribution is 2.50. The summed E-state index contributed by atoms with van der Waals surface area (Å²) >= 11 is 0. The molecule has 88 valence electrons. The van der Waals surface area contributed by atoms with E-state index in [0.717, 1.165) is 7.11 Å². The second-order valence-electron chi connectivity index (χ2n) is 3.54. The Morgan fingerprint density at radius 2 is 1.87 bits per heavy atom. The van der Waals surface area contributed by atoms with Crippen LogP contribution in [0.4, 0.5) is 22.0 Å². The molecule has 0 bridgehead atoms. The van der Waals surface area contributed by atoms with Crippen LogP contribution in [0.2, 0.25) is 0 Å². The van der Waals surface area contributed by atoms with E-state index in [1.165, 1.54) is 0 Å². The maximum Gasteiger partial charge on any atom is 0.392 e. The molecule has 1 aliphatic rings. The van der Waals surface area contributed by atoms with Gasteiger partial charge in [-0.2, -0.15) is 13.2 Å². The first-order valence-electron chi connectivity index (χ1n) is 4.20. The highest BCUT2D eigenvalue weighted by atomic mass is 19.4. The lowest BCUT2D eigenvalue weighted by molar-refractivity contribution is -0.194. The fraction of sp³-hybridized carbons (Fsp3) is 0.875. The smallest absolute Gasteiger partial charge is 0.392 e. The molecule has 1 aliphatic carbocycles. The summed E-state index contributed by atoms with van der Waals surface area (Å²) < 4.78 is 66.5. The maximum atomic E-state index is 12.8. The molecule has 15 heavy (non-hydrogen) atoms. The van der Waals surface area contributed by atoms with Crippen molar-refractivity contribution in [3.63, 3.8) is 0 Å². The third-order valence-corrected chi connectivity index (χ3v) is 2.45. The summed E-state index contributed by atoms with van der Waals surface area (Å²) in [5.74, 6) is -8.77. The van der Waals surface area contributed by atoms with Crippen molar-refractivity contribution in [2.24, 2.45) is 11.8 Å². The molecule has 2 nitrogen and oxygen atoms in total. The van der Waals surface area contributed by atoms with Gasteiger partial charge in [0.05, 0.1) is 18.9 Å². The zero-order chi connectivity index (χ0) is 11.9. The predicted molar refractivity (Wildman–Crippen MR) is 39.2 cm³/mol. The van der Waals surface area contributed by atoms with Crippen molar-refractivity contribution in [3.8, 4) is 0 Å². The summed E-state index contributed by atoms with van der Waals surface area (Å²) in [5.41, 5.74) is 0. The van der Waals surface area contributed by atoms with Crippen LogP contribution in [0, 0.1) is 11.8 Å². The molecule has 0 aromatic heterocycles. The van der Waals surface area contributed by atoms with Crippen LogP contribution in [0.25, 0.3) is 0 Å². The van der Waals surface area contributed by atoms with Crippen molar-refractivity contribution in [2.75, 3.05) is 7.11 Å². The molecule has 0 heterocycles. The normalized spacial score (nSPS) is 30.3. The fourth-order valence-electron chi connectivity index (χ4n) is 1.75. The van der Waals surface area contributed by atoms with E-state index >= 15 is 0 Å². The number of hydrogen-bond acceptors (Lipinski definition) is 2. The van der Waals surface area contributed by atoms with Crippen molar-refractivity contribution in [3.05, 3.63) is 0 Å². The molecule has 0 spiro atoms. The number of ether oxygens (including phenoxy) is 1. The molecular weight excluding hydrogens is 223 g/mol. The first kappa shape index (κ1) is 12.2. The van der Waals surface area contributed by atoms with E-state index in [4.69, 9.17) is 0 Å². The Kier molecular flexibility index (Phi) is 2.93. The molecule has 0 aromatic carbocycles. The number of hydrogen-bond donors (Lipinski definition) is 0. The van der Waals surface area contributed by atoms with Gasteiger partial charge in [0.15, 0.2) is 0 Å². The van der Waals surface area contributed by atoms with Crippen molar-refractivity contribution in [1.82, 2.24) is 0 Å². The van der Waals surface area contributed by atoms with Gasteiger partial charge >= 0.3 is 12.1 Å². The average Bonchev–Trinajstić information content (AvgIpc) is 2.39. The molecular formula is C8H9F5O2. The number of methoxy groups -OCH3 is 1. The second-order valence-corrected chi connectivity index (χ2v) is 3.54. The largest absolute Gasteiger partial charge is 0.469 e. The summed E-state index contributed by atoms with van der Waals surface area (Å²) in [6.07, 6.45) is -7.22. The lowest BCUT2D eigenvalue weighted by atomic mass is 9.96. The molecule has 0 aliphatic heterocycles. The minimum Gasteiger partial charge on any atom is -0.469 e. The van der Waals surface area contributed by atoms with Crippen LogP contribution < -0.4 is 0 Å². The molecule has 0 amide bonds. The molecule has 0 radical (unpaired) electrons. The number of halogens is 5. The highest BCUT2D eigenvalue weighted by molar-refractivity contribution is 5.73. The second kappa shape index (κ2) is 3.61. The van der Waals surface area contributed by atoms with Crippen molar-refractivity contribution < 1.29 is 31.5 Å². The van der Waals surface area contributed by atoms with Crippen LogP contribution in [0.5, 0.6) is 0 Å². The standard InChI is InChI=1S/C8H9F5O2/c1-15-6(14)4-2-7(9,10)3-5(4)8(11,12)13/h4-5H,2-3H2,1H3/t4-,5-/m1/s1. The average molecular weight is 232 g/mol. The number of rotatable bonds is 1. The Bertz CT molecular complexity index is 260. The quantitative estimate of drug-likeness (QED) is 0.512. The van der Waals surface area contributed by atoms with Crippen LogP contribution in [-0.2, 0) is 9.53 Å². The molecule has 1 rings (SSSR count). The van der Waals surface area contributed by atoms with Crippen LogP contribution in [0.15, 0.2) is 0 Å². The van der Waals surface area contributed by atoms with Gasteiger partial charge in [0, 0.05) is 12.8 Å². The monoisotopic (exact) mass is 232 g/mol. The van der Waals surface area contributed by atoms with E-state index < -0.39 is 42.7 Å². The first-order valence-corrected chi connectivity index (χ1v) is 4.20. The summed E-state index contributed by atoms with van der Waals surface area (Å²) in [4.78, 5) is 10.9. The predicted octanol–water partition coefficient (Wildman–Crippen LogP) is 2.38. The van der Waals surface area contributed by atoms with Gasteiger partial charge in [-0.25, -0.2) is 8.78 Å². The topological polar surface area (TPSA) is 26.3 Å². The Hall–Kier alpha value is -0.880. The Morgan fingerprint density at radius 3 is 2.27 bits per heavy atom. The minimum atomic E-state index is -4.79. The van der Waals surface area contributed by atoms with Crippen LogP contribution in [0.1, 0.15) is 12.8 Å². The lowest BCUT2D eigenvalue weighted by Gasteiger charge is -2.19. The summed E-state index contributed by atoms with van der Waals surface area (Å²) in [5, 5.41) is 0. The number of carbonyl (C=O) groups is 1. The zero-order valence-electron chi connectivity index (χ0n) is 7.78. The Balaban J connectivity index is 2.89. The van der Waals surface area contributed by atoms with Gasteiger partial charge in [-0.15, -0.1) is 0 Å². The molecule has 0 saturated heterocycles. The van der Waals surface area contributed by atoms with E-state index in [1.54, 1.807) is 0 Å². The molecule has 2 atom stereocenters. The van der Waals surface area contributed by atoms with Gasteiger partial charge in [-0.05, 0) is 0 Å². The van der Waals surface area contributed by atoms with Crippen molar-refractivity contribution in [2.45, 2.75) is 24.9 Å². The summed E-state index contributed by atoms with van der Waals surface area (Å²) in [6.45, 7) is 0. The van der Waals surface area contributed by atoms with Gasteiger partial charge in [0.2, 0.25) is 5.92 Å². The highest BCUT2D eigenvalue weighted by Gasteiger charge is 2.59. The molecule has 0 N–H and O–H groups in total. The number of alkyl halides is 5. The molecule has 0 unspecified atom stereocenters. The summed E-state index contributed by atoms with van der Waals surface area (Å²) in [7, 11) is 0.881. The van der Waals surface area contributed by atoms with E-state index in [1.807, 2.05) is 0 Å². The molecule has 1 saturated carbocycles. The van der Waals surface area contributed by atoms with Gasteiger partial charge in [0.1, 0.15) is 0 Å². The number of carbonyl (C=O) groups excluding carboxylic acids is 1. The van der Waals surface area contributed by atoms with Gasteiger partial charge in [0.25, 0.3) is 0 Å². The van der Waals surface area contributed by atoms with Crippen LogP contribution in [0.3, 0.4) is 0 Å². The first-order chi connectivity index (χ1) is 6.67. The lowest BCUT2D eigenvalue weighted by Crippen LogP contribution is -2.31. The van der Waals surface area contributed by atoms with Gasteiger partial charge in [-0.3, -0.25) is 4.79 Å². The SMILES string of the molecule is COC(=O)[C@@H]1CC(F)(F)C[C@H]1C(F)(F)F. The number of esters is 1.